The van der Waals surface area contributed by atoms with Crippen LogP contribution in [0, 0.1) is 35.5 Å². The third-order valence-electron chi connectivity index (χ3n) is 10.1. The first-order valence-corrected chi connectivity index (χ1v) is 15.4. The molecule has 0 bridgehead atoms. The second kappa shape index (κ2) is 15.6. The Labute approximate surface area is 202 Å². The third-order valence-corrected chi connectivity index (χ3v) is 10.1. The molecule has 0 aromatic rings. The number of unbranched alkanes of at least 4 members (excludes halogenated alkanes) is 3. The van der Waals surface area contributed by atoms with Crippen LogP contribution in [0.15, 0.2) is 12.2 Å². The topological polar surface area (TPSA) is 0 Å². The van der Waals surface area contributed by atoms with Gasteiger partial charge in [0.25, 0.3) is 0 Å². The highest BCUT2D eigenvalue weighted by atomic mass is 14.4. The number of hydrogen-bond acceptors (Lipinski definition) is 0. The molecule has 3 rings (SSSR count). The summed E-state index contributed by atoms with van der Waals surface area (Å²) in [5.74, 6) is 6.48. The van der Waals surface area contributed by atoms with E-state index in [0.29, 0.717) is 0 Å². The molecule has 0 unspecified atom stereocenters. The van der Waals surface area contributed by atoms with Crippen molar-refractivity contribution in [1.82, 2.24) is 0 Å². The SMILES string of the molecule is C/C=C/CC[C@H]1CC[C@H](CCCCC2CCC([C@H]3CC[C@H](CCCCC)CC3)CC2)CC1. The van der Waals surface area contributed by atoms with Crippen LogP contribution in [0.1, 0.15) is 155 Å². The van der Waals surface area contributed by atoms with E-state index in [2.05, 4.69) is 26.0 Å². The number of allylic oxidation sites excluding steroid dienone is 2. The molecule has 3 aliphatic rings. The minimum atomic E-state index is 1.04. The Bertz CT molecular complexity index is 466. The molecule has 186 valence electrons. The predicted octanol–water partition coefficient (Wildman–Crippen LogP) is 10.9. The summed E-state index contributed by atoms with van der Waals surface area (Å²) in [6.45, 7) is 4.50. The van der Waals surface area contributed by atoms with E-state index in [1.165, 1.54) is 77.0 Å². The van der Waals surface area contributed by atoms with Crippen molar-refractivity contribution < 1.29 is 0 Å². The molecule has 0 spiro atoms. The average Bonchev–Trinajstić information content (AvgIpc) is 2.84. The van der Waals surface area contributed by atoms with Crippen LogP contribution in [0.5, 0.6) is 0 Å². The van der Waals surface area contributed by atoms with Crippen molar-refractivity contribution in [1.29, 1.82) is 0 Å². The Morgan fingerprint density at radius 1 is 0.500 bits per heavy atom. The van der Waals surface area contributed by atoms with Crippen molar-refractivity contribution in [3.05, 3.63) is 12.2 Å². The van der Waals surface area contributed by atoms with Gasteiger partial charge in [0.15, 0.2) is 0 Å². The van der Waals surface area contributed by atoms with E-state index < -0.39 is 0 Å². The molecule has 0 nitrogen and oxygen atoms in total. The summed E-state index contributed by atoms with van der Waals surface area (Å²) in [5.41, 5.74) is 0. The molecule has 3 aliphatic carbocycles. The lowest BCUT2D eigenvalue weighted by molar-refractivity contribution is 0.139. The zero-order chi connectivity index (χ0) is 22.4. The predicted molar refractivity (Wildman–Crippen MR) is 143 cm³/mol. The Kier molecular flexibility index (Phi) is 12.8. The van der Waals surface area contributed by atoms with E-state index in [1.54, 1.807) is 64.2 Å². The molecule has 32 heavy (non-hydrogen) atoms. The minimum Gasteiger partial charge on any atom is -0.0917 e. The van der Waals surface area contributed by atoms with E-state index in [9.17, 15) is 0 Å². The number of hydrogen-bond donors (Lipinski definition) is 0. The second-order valence-electron chi connectivity index (χ2n) is 12.4. The molecule has 0 atom stereocenters. The summed E-state index contributed by atoms with van der Waals surface area (Å²) < 4.78 is 0. The van der Waals surface area contributed by atoms with Gasteiger partial charge < -0.3 is 0 Å². The fourth-order valence-electron chi connectivity index (χ4n) is 7.75. The molecule has 0 heterocycles. The van der Waals surface area contributed by atoms with Gasteiger partial charge in [-0.15, -0.1) is 0 Å². The van der Waals surface area contributed by atoms with E-state index in [0.717, 1.165) is 35.5 Å². The van der Waals surface area contributed by atoms with Crippen molar-refractivity contribution in [2.45, 2.75) is 155 Å². The van der Waals surface area contributed by atoms with Crippen molar-refractivity contribution in [3.63, 3.8) is 0 Å². The fraction of sp³-hybridized carbons (Fsp3) is 0.938. The third kappa shape index (κ3) is 9.54. The molecule has 0 aromatic heterocycles. The summed E-state index contributed by atoms with van der Waals surface area (Å²) >= 11 is 0. The van der Waals surface area contributed by atoms with E-state index in [1.807, 2.05) is 0 Å². The van der Waals surface area contributed by atoms with Crippen molar-refractivity contribution in [3.8, 4) is 0 Å². The summed E-state index contributed by atoms with van der Waals surface area (Å²) in [5, 5.41) is 0. The van der Waals surface area contributed by atoms with Gasteiger partial charge in [0.05, 0.1) is 0 Å². The largest absolute Gasteiger partial charge is 0.0917 e. The van der Waals surface area contributed by atoms with Crippen molar-refractivity contribution in [2.24, 2.45) is 35.5 Å². The van der Waals surface area contributed by atoms with Gasteiger partial charge in [0.1, 0.15) is 0 Å². The normalized spacial score (nSPS) is 34.2. The lowest BCUT2D eigenvalue weighted by Crippen LogP contribution is -2.26. The van der Waals surface area contributed by atoms with Crippen LogP contribution in [0.3, 0.4) is 0 Å². The molecule has 0 saturated heterocycles. The monoisotopic (exact) mass is 442 g/mol. The average molecular weight is 443 g/mol. The molecule has 0 amide bonds. The first-order valence-electron chi connectivity index (χ1n) is 15.4. The van der Waals surface area contributed by atoms with Gasteiger partial charge in [-0.2, -0.15) is 0 Å². The van der Waals surface area contributed by atoms with Gasteiger partial charge in [-0.05, 0) is 81.0 Å². The van der Waals surface area contributed by atoms with Crippen LogP contribution in [-0.4, -0.2) is 0 Å². The summed E-state index contributed by atoms with van der Waals surface area (Å²) in [6, 6.07) is 0. The Morgan fingerprint density at radius 3 is 1.28 bits per heavy atom. The zero-order valence-corrected chi connectivity index (χ0v) is 22.2. The van der Waals surface area contributed by atoms with Crippen LogP contribution in [0.4, 0.5) is 0 Å². The molecule has 0 N–H and O–H groups in total. The molecule has 0 radical (unpaired) electrons. The second-order valence-corrected chi connectivity index (χ2v) is 12.4. The highest BCUT2D eigenvalue weighted by Crippen LogP contribution is 2.43. The minimum absolute atomic E-state index is 1.04. The smallest absolute Gasteiger partial charge is 0.0348 e. The van der Waals surface area contributed by atoms with Gasteiger partial charge >= 0.3 is 0 Å². The zero-order valence-electron chi connectivity index (χ0n) is 22.2. The van der Waals surface area contributed by atoms with Crippen LogP contribution in [0.2, 0.25) is 0 Å². The van der Waals surface area contributed by atoms with Crippen LogP contribution >= 0.6 is 0 Å². The maximum Gasteiger partial charge on any atom is -0.0348 e. The molecular weight excluding hydrogens is 384 g/mol. The lowest BCUT2D eigenvalue weighted by Gasteiger charge is -2.38. The van der Waals surface area contributed by atoms with Gasteiger partial charge in [-0.1, -0.05) is 122 Å². The molecule has 0 aliphatic heterocycles. The lowest BCUT2D eigenvalue weighted by atomic mass is 9.68. The highest BCUT2D eigenvalue weighted by Gasteiger charge is 2.30. The molecule has 3 saturated carbocycles. The summed E-state index contributed by atoms with van der Waals surface area (Å²) in [6.07, 6.45) is 38.0. The Hall–Kier alpha value is -0.260. The fourth-order valence-corrected chi connectivity index (χ4v) is 7.75. The molecule has 0 heteroatoms. The van der Waals surface area contributed by atoms with E-state index >= 15 is 0 Å². The summed E-state index contributed by atoms with van der Waals surface area (Å²) in [4.78, 5) is 0. The maximum atomic E-state index is 2.36. The quantitative estimate of drug-likeness (QED) is 0.196. The Morgan fingerprint density at radius 2 is 0.875 bits per heavy atom. The van der Waals surface area contributed by atoms with Crippen LogP contribution in [-0.2, 0) is 0 Å². The maximum absolute atomic E-state index is 2.36. The van der Waals surface area contributed by atoms with E-state index in [4.69, 9.17) is 0 Å². The van der Waals surface area contributed by atoms with Gasteiger partial charge in [0, 0.05) is 0 Å². The van der Waals surface area contributed by atoms with Crippen molar-refractivity contribution in [2.75, 3.05) is 0 Å². The first kappa shape index (κ1) is 26.3. The summed E-state index contributed by atoms with van der Waals surface area (Å²) in [7, 11) is 0. The van der Waals surface area contributed by atoms with Gasteiger partial charge in [-0.3, -0.25) is 0 Å². The van der Waals surface area contributed by atoms with Crippen LogP contribution < -0.4 is 0 Å². The Balaban J connectivity index is 1.18. The van der Waals surface area contributed by atoms with E-state index in [-0.39, 0.29) is 0 Å². The van der Waals surface area contributed by atoms with Crippen LogP contribution in [0.25, 0.3) is 0 Å². The molecular formula is C32H58. The van der Waals surface area contributed by atoms with Gasteiger partial charge in [0.2, 0.25) is 0 Å². The van der Waals surface area contributed by atoms with Crippen molar-refractivity contribution >= 4 is 0 Å². The molecule has 3 fully saturated rings. The molecule has 0 aromatic carbocycles. The van der Waals surface area contributed by atoms with Gasteiger partial charge in [-0.25, -0.2) is 0 Å². The first-order chi connectivity index (χ1) is 15.8. The highest BCUT2D eigenvalue weighted by molar-refractivity contribution is 4.83. The number of rotatable bonds is 13. The standard InChI is InChI=1S/C32H58/c1-3-5-7-11-27-15-17-28(18-16-27)13-9-10-14-30-21-25-32(26-22-30)31-23-19-29(20-24-31)12-8-6-4-2/h3,5,27-32H,4,6-26H2,1-2H3/b5-3+/t27-,28-,29-,30?,31-,32?.